The highest BCUT2D eigenvalue weighted by atomic mass is 32.1. The molecule has 0 atom stereocenters. The van der Waals surface area contributed by atoms with E-state index in [2.05, 4.69) is 10.3 Å². The highest BCUT2D eigenvalue weighted by Gasteiger charge is 2.13. The summed E-state index contributed by atoms with van der Waals surface area (Å²) < 4.78 is 13.5. The number of hydrogen-bond donors (Lipinski definition) is 2. The van der Waals surface area contributed by atoms with E-state index in [0.29, 0.717) is 0 Å². The molecule has 0 radical (unpaired) electrons. The van der Waals surface area contributed by atoms with Gasteiger partial charge in [0, 0.05) is 16.6 Å². The number of aromatic nitrogens is 1. The van der Waals surface area contributed by atoms with Gasteiger partial charge < -0.3 is 11.1 Å². The van der Waals surface area contributed by atoms with E-state index >= 15 is 0 Å². The summed E-state index contributed by atoms with van der Waals surface area (Å²) in [5.74, 6) is -1.04. The Morgan fingerprint density at radius 1 is 1.58 bits per heavy atom. The standard InChI is InChI=1S/C12H9FN4OS/c1-6-8(13)2-7(4-14)3-9(6)16-11(18)10-5-19-12(15)17-10/h2-3,5H,1H3,(H2,15,17)(H,16,18). The second kappa shape index (κ2) is 5.04. The van der Waals surface area contributed by atoms with Crippen LogP contribution in [0.2, 0.25) is 0 Å². The number of carbonyl (C=O) groups excluding carboxylic acids is 1. The maximum Gasteiger partial charge on any atom is 0.275 e. The molecule has 0 aliphatic rings. The minimum Gasteiger partial charge on any atom is -0.375 e. The molecule has 19 heavy (non-hydrogen) atoms. The number of anilines is 2. The molecule has 0 saturated heterocycles. The number of nitrogens with zero attached hydrogens (tertiary/aromatic N) is 2. The average Bonchev–Trinajstić information content (AvgIpc) is 2.81. The first-order valence-electron chi connectivity index (χ1n) is 5.24. The third kappa shape index (κ3) is 2.69. The van der Waals surface area contributed by atoms with Crippen LogP contribution in [0.4, 0.5) is 15.2 Å². The van der Waals surface area contributed by atoms with Crippen molar-refractivity contribution in [1.82, 2.24) is 4.98 Å². The van der Waals surface area contributed by atoms with Crippen LogP contribution >= 0.6 is 11.3 Å². The van der Waals surface area contributed by atoms with Gasteiger partial charge in [0.1, 0.15) is 11.5 Å². The van der Waals surface area contributed by atoms with Crippen molar-refractivity contribution in [3.05, 3.63) is 40.2 Å². The van der Waals surface area contributed by atoms with Crippen molar-refractivity contribution in [2.45, 2.75) is 6.92 Å². The number of nitrogens with two attached hydrogens (primary N) is 1. The molecule has 96 valence electrons. The van der Waals surface area contributed by atoms with E-state index in [-0.39, 0.29) is 27.6 Å². The van der Waals surface area contributed by atoms with Crippen molar-refractivity contribution >= 4 is 28.1 Å². The summed E-state index contributed by atoms with van der Waals surface area (Å²) in [5, 5.41) is 13.1. The van der Waals surface area contributed by atoms with Crippen LogP contribution in [0, 0.1) is 24.1 Å². The molecule has 0 spiro atoms. The molecule has 2 aromatic rings. The van der Waals surface area contributed by atoms with Crippen LogP contribution in [0.15, 0.2) is 17.5 Å². The van der Waals surface area contributed by atoms with E-state index < -0.39 is 11.7 Å². The number of carbonyl (C=O) groups is 1. The number of nitrogen functional groups attached to an aromatic ring is 1. The van der Waals surface area contributed by atoms with Crippen molar-refractivity contribution in [3.63, 3.8) is 0 Å². The molecule has 0 fully saturated rings. The number of thiazole rings is 1. The Balaban J connectivity index is 2.31. The van der Waals surface area contributed by atoms with Crippen molar-refractivity contribution < 1.29 is 9.18 Å². The lowest BCUT2D eigenvalue weighted by Gasteiger charge is -2.08. The van der Waals surface area contributed by atoms with Crippen molar-refractivity contribution in [2.75, 3.05) is 11.1 Å². The molecule has 2 rings (SSSR count). The fraction of sp³-hybridized carbons (Fsp3) is 0.0833. The maximum absolute atomic E-state index is 13.5. The molecule has 7 heteroatoms. The highest BCUT2D eigenvalue weighted by Crippen LogP contribution is 2.21. The molecule has 0 aliphatic carbocycles. The predicted octanol–water partition coefficient (Wildman–Crippen LogP) is 2.30. The fourth-order valence-electron chi connectivity index (χ4n) is 1.45. The maximum atomic E-state index is 13.5. The third-order valence-corrected chi connectivity index (χ3v) is 3.15. The lowest BCUT2D eigenvalue weighted by molar-refractivity contribution is 0.102. The normalized spacial score (nSPS) is 9.95. The van der Waals surface area contributed by atoms with Gasteiger partial charge in [-0.2, -0.15) is 5.26 Å². The summed E-state index contributed by atoms with van der Waals surface area (Å²) in [6, 6.07) is 4.35. The fourth-order valence-corrected chi connectivity index (χ4v) is 1.99. The van der Waals surface area contributed by atoms with Gasteiger partial charge in [0.2, 0.25) is 0 Å². The zero-order valence-corrected chi connectivity index (χ0v) is 10.7. The predicted molar refractivity (Wildman–Crippen MR) is 70.3 cm³/mol. The van der Waals surface area contributed by atoms with Gasteiger partial charge in [-0.1, -0.05) is 0 Å². The van der Waals surface area contributed by atoms with Crippen LogP contribution < -0.4 is 11.1 Å². The number of amides is 1. The molecule has 0 bridgehead atoms. The van der Waals surface area contributed by atoms with Gasteiger partial charge >= 0.3 is 0 Å². The lowest BCUT2D eigenvalue weighted by Crippen LogP contribution is -2.14. The summed E-state index contributed by atoms with van der Waals surface area (Å²) in [6.45, 7) is 1.52. The Hall–Kier alpha value is -2.46. The number of benzene rings is 1. The van der Waals surface area contributed by atoms with Crippen LogP contribution in [-0.2, 0) is 0 Å². The van der Waals surface area contributed by atoms with E-state index in [1.54, 1.807) is 0 Å². The van der Waals surface area contributed by atoms with Crippen LogP contribution in [0.25, 0.3) is 0 Å². The monoisotopic (exact) mass is 276 g/mol. The van der Waals surface area contributed by atoms with Crippen LogP contribution in [0.3, 0.4) is 0 Å². The molecular weight excluding hydrogens is 267 g/mol. The molecule has 0 aliphatic heterocycles. The minimum atomic E-state index is -0.549. The van der Waals surface area contributed by atoms with Gasteiger partial charge in [-0.25, -0.2) is 9.37 Å². The van der Waals surface area contributed by atoms with Gasteiger partial charge in [0.25, 0.3) is 5.91 Å². The Morgan fingerprint density at radius 3 is 2.89 bits per heavy atom. The van der Waals surface area contributed by atoms with E-state index in [4.69, 9.17) is 11.0 Å². The molecular formula is C12H9FN4OS. The summed E-state index contributed by atoms with van der Waals surface area (Å²) in [5.41, 5.74) is 6.23. The molecule has 1 aromatic heterocycles. The highest BCUT2D eigenvalue weighted by molar-refractivity contribution is 7.13. The Bertz CT molecular complexity index is 690. The van der Waals surface area contributed by atoms with E-state index in [1.165, 1.54) is 18.4 Å². The second-order valence-electron chi connectivity index (χ2n) is 3.77. The lowest BCUT2D eigenvalue weighted by atomic mass is 10.1. The Labute approximate surface area is 112 Å². The number of nitriles is 1. The van der Waals surface area contributed by atoms with Gasteiger partial charge in [0.15, 0.2) is 5.13 Å². The second-order valence-corrected chi connectivity index (χ2v) is 4.66. The zero-order valence-electron chi connectivity index (χ0n) is 9.90. The van der Waals surface area contributed by atoms with Gasteiger partial charge in [-0.3, -0.25) is 4.79 Å². The van der Waals surface area contributed by atoms with E-state index in [0.717, 1.165) is 17.4 Å². The molecule has 1 aromatic carbocycles. The number of halogens is 1. The van der Waals surface area contributed by atoms with Crippen molar-refractivity contribution in [1.29, 1.82) is 5.26 Å². The van der Waals surface area contributed by atoms with E-state index in [1.807, 2.05) is 6.07 Å². The number of nitrogens with one attached hydrogen (secondary N) is 1. The topological polar surface area (TPSA) is 91.8 Å². The molecule has 3 N–H and O–H groups in total. The average molecular weight is 276 g/mol. The van der Waals surface area contributed by atoms with Gasteiger partial charge in [-0.05, 0) is 19.1 Å². The van der Waals surface area contributed by atoms with Crippen molar-refractivity contribution in [3.8, 4) is 6.07 Å². The third-order valence-electron chi connectivity index (χ3n) is 2.48. The van der Waals surface area contributed by atoms with Crippen molar-refractivity contribution in [2.24, 2.45) is 0 Å². The molecule has 0 unspecified atom stereocenters. The largest absolute Gasteiger partial charge is 0.375 e. The molecule has 5 nitrogen and oxygen atoms in total. The molecule has 1 heterocycles. The number of rotatable bonds is 2. The summed E-state index contributed by atoms with van der Waals surface area (Å²) in [7, 11) is 0. The quantitative estimate of drug-likeness (QED) is 0.880. The Morgan fingerprint density at radius 2 is 2.32 bits per heavy atom. The van der Waals surface area contributed by atoms with Gasteiger partial charge in [0.05, 0.1) is 11.6 Å². The zero-order chi connectivity index (χ0) is 14.0. The molecule has 1 amide bonds. The summed E-state index contributed by atoms with van der Waals surface area (Å²) in [4.78, 5) is 15.7. The molecule has 0 saturated carbocycles. The first-order valence-corrected chi connectivity index (χ1v) is 6.12. The van der Waals surface area contributed by atoms with Crippen LogP contribution in [-0.4, -0.2) is 10.9 Å². The Kier molecular flexibility index (Phi) is 3.44. The first kappa shape index (κ1) is 13.0. The van der Waals surface area contributed by atoms with Crippen LogP contribution in [0.5, 0.6) is 0 Å². The van der Waals surface area contributed by atoms with Crippen LogP contribution in [0.1, 0.15) is 21.6 Å². The number of hydrogen-bond acceptors (Lipinski definition) is 5. The van der Waals surface area contributed by atoms with Gasteiger partial charge in [-0.15, -0.1) is 11.3 Å². The van der Waals surface area contributed by atoms with E-state index in [9.17, 15) is 9.18 Å². The smallest absolute Gasteiger partial charge is 0.275 e. The minimum absolute atomic E-state index is 0.135. The first-order chi connectivity index (χ1) is 9.01. The summed E-state index contributed by atoms with van der Waals surface area (Å²) >= 11 is 1.14. The summed E-state index contributed by atoms with van der Waals surface area (Å²) in [6.07, 6.45) is 0. The SMILES string of the molecule is Cc1c(F)cc(C#N)cc1NC(=O)c1csc(N)n1.